The quantitative estimate of drug-likeness (QED) is 0.458. The summed E-state index contributed by atoms with van der Waals surface area (Å²) in [5.41, 5.74) is 9.33. The van der Waals surface area contributed by atoms with E-state index in [1.54, 1.807) is 0 Å². The molecule has 5 nitrogen and oxygen atoms in total. The standard InChI is InChI=1S/C17H20N4O/c1-13(12-21-10-4-5-11-21)22-17-15-7-3-2-6-14(15)8-9-16(17)19-20-18/h2-3,6-9,13H,4-5,10-12H2,1H3. The fourth-order valence-corrected chi connectivity index (χ4v) is 3.05. The lowest BCUT2D eigenvalue weighted by Crippen LogP contribution is -2.31. The van der Waals surface area contributed by atoms with Gasteiger partial charge in [-0.3, -0.25) is 4.90 Å². The molecule has 0 aliphatic carbocycles. The SMILES string of the molecule is CC(CN1CCCC1)Oc1c(N=[N+]=[N-])ccc2ccccc12. The Morgan fingerprint density at radius 1 is 1.23 bits per heavy atom. The normalized spacial score (nSPS) is 16.4. The molecule has 1 atom stereocenters. The summed E-state index contributed by atoms with van der Waals surface area (Å²) in [6, 6.07) is 11.8. The molecule has 2 aromatic rings. The number of hydrogen-bond acceptors (Lipinski definition) is 3. The van der Waals surface area contributed by atoms with Gasteiger partial charge in [0.1, 0.15) is 11.9 Å². The van der Waals surface area contributed by atoms with Crippen molar-refractivity contribution in [3.05, 3.63) is 46.8 Å². The van der Waals surface area contributed by atoms with Crippen molar-refractivity contribution < 1.29 is 4.74 Å². The third kappa shape index (κ3) is 3.16. The van der Waals surface area contributed by atoms with Gasteiger partial charge < -0.3 is 4.74 Å². The molecule has 0 radical (unpaired) electrons. The molecule has 5 heteroatoms. The third-order valence-corrected chi connectivity index (χ3v) is 4.04. The van der Waals surface area contributed by atoms with Gasteiger partial charge in [-0.1, -0.05) is 35.4 Å². The van der Waals surface area contributed by atoms with Crippen LogP contribution in [-0.2, 0) is 0 Å². The van der Waals surface area contributed by atoms with E-state index in [1.165, 1.54) is 12.8 Å². The van der Waals surface area contributed by atoms with Gasteiger partial charge in [0.25, 0.3) is 0 Å². The maximum absolute atomic E-state index is 8.77. The third-order valence-electron chi connectivity index (χ3n) is 4.04. The van der Waals surface area contributed by atoms with E-state index in [0.29, 0.717) is 11.4 Å². The van der Waals surface area contributed by atoms with Crippen LogP contribution >= 0.6 is 0 Å². The first-order chi connectivity index (χ1) is 10.8. The smallest absolute Gasteiger partial charge is 0.137 e. The number of likely N-dealkylation sites (tertiary alicyclic amines) is 1. The molecule has 1 unspecified atom stereocenters. The van der Waals surface area contributed by atoms with Crippen molar-refractivity contribution in [1.82, 2.24) is 4.90 Å². The van der Waals surface area contributed by atoms with Gasteiger partial charge in [0.05, 0.1) is 5.69 Å². The predicted octanol–water partition coefficient (Wildman–Crippen LogP) is 4.64. The molecular formula is C17H20N4O. The van der Waals surface area contributed by atoms with Crippen molar-refractivity contribution in [2.24, 2.45) is 5.11 Å². The molecular weight excluding hydrogens is 276 g/mol. The van der Waals surface area contributed by atoms with Crippen molar-refractivity contribution >= 4 is 16.5 Å². The number of rotatable bonds is 5. The molecule has 1 aliphatic rings. The van der Waals surface area contributed by atoms with Crippen molar-refractivity contribution in [1.29, 1.82) is 0 Å². The monoisotopic (exact) mass is 296 g/mol. The largest absolute Gasteiger partial charge is 0.488 e. The predicted molar refractivity (Wildman–Crippen MR) is 88.5 cm³/mol. The zero-order valence-corrected chi connectivity index (χ0v) is 12.8. The summed E-state index contributed by atoms with van der Waals surface area (Å²) in [4.78, 5) is 5.34. The minimum Gasteiger partial charge on any atom is -0.488 e. The van der Waals surface area contributed by atoms with E-state index in [2.05, 4.69) is 21.8 Å². The highest BCUT2D eigenvalue weighted by Gasteiger charge is 2.17. The number of ether oxygens (including phenoxy) is 1. The van der Waals surface area contributed by atoms with E-state index in [4.69, 9.17) is 10.3 Å². The lowest BCUT2D eigenvalue weighted by Gasteiger charge is -2.23. The molecule has 0 aromatic heterocycles. The van der Waals surface area contributed by atoms with Gasteiger partial charge in [-0.05, 0) is 49.8 Å². The molecule has 114 valence electrons. The zero-order chi connectivity index (χ0) is 15.4. The number of nitrogens with zero attached hydrogens (tertiary/aromatic N) is 4. The summed E-state index contributed by atoms with van der Waals surface area (Å²) in [6.45, 7) is 5.26. The van der Waals surface area contributed by atoms with Crippen molar-refractivity contribution in [3.63, 3.8) is 0 Å². The second-order valence-electron chi connectivity index (χ2n) is 5.76. The van der Waals surface area contributed by atoms with Gasteiger partial charge in [0.2, 0.25) is 0 Å². The summed E-state index contributed by atoms with van der Waals surface area (Å²) < 4.78 is 6.17. The van der Waals surface area contributed by atoms with Crippen molar-refractivity contribution in [3.8, 4) is 5.75 Å². The average Bonchev–Trinajstić information content (AvgIpc) is 3.02. The first-order valence-electron chi connectivity index (χ1n) is 7.74. The number of hydrogen-bond donors (Lipinski definition) is 0. The van der Waals surface area contributed by atoms with Crippen LogP contribution < -0.4 is 4.74 Å². The summed E-state index contributed by atoms with van der Waals surface area (Å²) in [5.74, 6) is 0.683. The van der Waals surface area contributed by atoms with Crippen LogP contribution in [0.4, 0.5) is 5.69 Å². The molecule has 22 heavy (non-hydrogen) atoms. The maximum Gasteiger partial charge on any atom is 0.137 e. The second-order valence-corrected chi connectivity index (χ2v) is 5.76. The van der Waals surface area contributed by atoms with E-state index < -0.39 is 0 Å². The van der Waals surface area contributed by atoms with Gasteiger partial charge >= 0.3 is 0 Å². The van der Waals surface area contributed by atoms with Crippen molar-refractivity contribution in [2.75, 3.05) is 19.6 Å². The summed E-state index contributed by atoms with van der Waals surface area (Å²) in [6.07, 6.45) is 2.59. The highest BCUT2D eigenvalue weighted by Crippen LogP contribution is 2.36. The van der Waals surface area contributed by atoms with E-state index in [-0.39, 0.29) is 6.10 Å². The Balaban J connectivity index is 1.89. The minimum absolute atomic E-state index is 0.0524. The lowest BCUT2D eigenvalue weighted by molar-refractivity contribution is 0.164. The average molecular weight is 296 g/mol. The second kappa shape index (κ2) is 6.69. The molecule has 0 spiro atoms. The molecule has 2 aromatic carbocycles. The van der Waals surface area contributed by atoms with Gasteiger partial charge in [-0.15, -0.1) is 0 Å². The Labute approximate surface area is 130 Å². The Hall–Kier alpha value is -2.23. The minimum atomic E-state index is 0.0524. The highest BCUT2D eigenvalue weighted by atomic mass is 16.5. The van der Waals surface area contributed by atoms with Crippen LogP contribution in [0.2, 0.25) is 0 Å². The number of azide groups is 1. The lowest BCUT2D eigenvalue weighted by atomic mass is 10.1. The van der Waals surface area contributed by atoms with Crippen LogP contribution in [0.15, 0.2) is 41.5 Å². The highest BCUT2D eigenvalue weighted by molar-refractivity contribution is 5.92. The van der Waals surface area contributed by atoms with Crippen LogP contribution in [0.5, 0.6) is 5.75 Å². The van der Waals surface area contributed by atoms with Crippen LogP contribution in [0, 0.1) is 0 Å². The van der Waals surface area contributed by atoms with Crippen LogP contribution in [-0.4, -0.2) is 30.6 Å². The van der Waals surface area contributed by atoms with E-state index in [0.717, 1.165) is 30.4 Å². The number of fused-ring (bicyclic) bond motifs is 1. The van der Waals surface area contributed by atoms with Gasteiger partial charge in [0, 0.05) is 16.8 Å². The Morgan fingerprint density at radius 2 is 2.00 bits per heavy atom. The molecule has 1 aliphatic heterocycles. The Morgan fingerprint density at radius 3 is 2.77 bits per heavy atom. The van der Waals surface area contributed by atoms with Crippen LogP contribution in [0.1, 0.15) is 19.8 Å². The summed E-state index contributed by atoms with van der Waals surface area (Å²) >= 11 is 0. The molecule has 0 N–H and O–H groups in total. The van der Waals surface area contributed by atoms with Gasteiger partial charge in [-0.25, -0.2) is 0 Å². The molecule has 0 bridgehead atoms. The molecule has 0 saturated carbocycles. The zero-order valence-electron chi connectivity index (χ0n) is 12.8. The summed E-state index contributed by atoms with van der Waals surface area (Å²) in [5, 5.41) is 5.86. The fourth-order valence-electron chi connectivity index (χ4n) is 3.05. The first kappa shape index (κ1) is 14.7. The van der Waals surface area contributed by atoms with E-state index in [9.17, 15) is 0 Å². The summed E-state index contributed by atoms with van der Waals surface area (Å²) in [7, 11) is 0. The molecule has 1 heterocycles. The number of benzene rings is 2. The Kier molecular flexibility index (Phi) is 4.47. The maximum atomic E-state index is 8.77. The van der Waals surface area contributed by atoms with Crippen LogP contribution in [0.3, 0.4) is 0 Å². The molecule has 1 saturated heterocycles. The van der Waals surface area contributed by atoms with E-state index >= 15 is 0 Å². The van der Waals surface area contributed by atoms with E-state index in [1.807, 2.05) is 36.4 Å². The first-order valence-corrected chi connectivity index (χ1v) is 7.74. The molecule has 1 fully saturated rings. The Bertz CT molecular complexity index is 703. The van der Waals surface area contributed by atoms with Crippen molar-refractivity contribution in [2.45, 2.75) is 25.9 Å². The molecule has 0 amide bonds. The molecule has 3 rings (SSSR count). The van der Waals surface area contributed by atoms with Gasteiger partial charge in [-0.2, -0.15) is 0 Å². The fraction of sp³-hybridized carbons (Fsp3) is 0.412. The van der Waals surface area contributed by atoms with Crippen LogP contribution in [0.25, 0.3) is 21.2 Å². The topological polar surface area (TPSA) is 61.2 Å². The van der Waals surface area contributed by atoms with Gasteiger partial charge in [0.15, 0.2) is 0 Å².